The minimum absolute atomic E-state index is 0.0578. The lowest BCUT2D eigenvalue weighted by Gasteiger charge is -2.20. The van der Waals surface area contributed by atoms with E-state index in [0.29, 0.717) is 6.61 Å². The molecular weight excluding hydrogens is 691 g/mol. The molecule has 0 saturated heterocycles. The van der Waals surface area contributed by atoms with E-state index in [0.717, 1.165) is 32.1 Å². The van der Waals surface area contributed by atoms with Gasteiger partial charge in [-0.2, -0.15) is 0 Å². The van der Waals surface area contributed by atoms with Crippen molar-refractivity contribution < 1.29 is 43.0 Å². The number of phosphoric ester groups is 1. The van der Waals surface area contributed by atoms with E-state index in [1.165, 1.54) is 173 Å². The Bertz CT molecular complexity index is 800. The molecule has 0 fully saturated rings. The molecule has 0 aliphatic carbocycles. The second-order valence-corrected chi connectivity index (χ2v) is 16.9. The lowest BCUT2D eigenvalue weighted by atomic mass is 10.0. The number of phosphoric acid groups is 1. The summed E-state index contributed by atoms with van der Waals surface area (Å²) >= 11 is 0. The van der Waals surface area contributed by atoms with Crippen molar-refractivity contribution in [3.8, 4) is 0 Å². The zero-order chi connectivity index (χ0) is 38.9. The maximum absolute atomic E-state index is 12.6. The van der Waals surface area contributed by atoms with Gasteiger partial charge >= 0.3 is 13.8 Å². The van der Waals surface area contributed by atoms with Gasteiger partial charge in [0, 0.05) is 13.0 Å². The number of carbonyl (C=O) groups excluding carboxylic acids is 1. The van der Waals surface area contributed by atoms with E-state index in [-0.39, 0.29) is 25.6 Å². The molecular formula is C43H87O9P. The van der Waals surface area contributed by atoms with E-state index >= 15 is 0 Å². The lowest BCUT2D eigenvalue weighted by molar-refractivity contribution is -0.154. The van der Waals surface area contributed by atoms with Gasteiger partial charge in [0.2, 0.25) is 0 Å². The Hall–Kier alpha value is -0.540. The average molecular weight is 779 g/mol. The Kier molecular flexibility index (Phi) is 40.7. The van der Waals surface area contributed by atoms with E-state index in [9.17, 15) is 19.4 Å². The molecule has 0 amide bonds. The van der Waals surface area contributed by atoms with Crippen molar-refractivity contribution in [1.29, 1.82) is 0 Å². The molecule has 0 rings (SSSR count). The summed E-state index contributed by atoms with van der Waals surface area (Å²) in [5.74, 6) is -0.376. The van der Waals surface area contributed by atoms with Crippen LogP contribution in [0.15, 0.2) is 0 Å². The number of hydrogen-bond donors (Lipinski definition) is 3. The van der Waals surface area contributed by atoms with Crippen LogP contribution in [0.5, 0.6) is 0 Å². The molecule has 10 heteroatoms. The van der Waals surface area contributed by atoms with Crippen LogP contribution in [0, 0.1) is 0 Å². The van der Waals surface area contributed by atoms with Crippen LogP contribution in [0.1, 0.15) is 226 Å². The second-order valence-electron chi connectivity index (χ2n) is 15.4. The smallest absolute Gasteiger partial charge is 0.457 e. The standard InChI is InChI=1S/C43H87O9P/c1-3-5-7-9-11-13-15-17-18-19-20-21-22-23-24-25-27-29-31-33-35-43(46)52-42(40-51-53(47,48)50-38-41(45)37-44)39-49-36-34-32-30-28-26-16-14-12-10-8-6-4-2/h41-42,44-45H,3-40H2,1-2H3,(H,47,48). The molecule has 0 aliphatic rings. The number of hydrogen-bond acceptors (Lipinski definition) is 8. The molecule has 9 nitrogen and oxygen atoms in total. The minimum atomic E-state index is -4.51. The van der Waals surface area contributed by atoms with Crippen molar-refractivity contribution in [2.45, 2.75) is 238 Å². The first kappa shape index (κ1) is 52.5. The summed E-state index contributed by atoms with van der Waals surface area (Å²) < 4.78 is 33.4. The van der Waals surface area contributed by atoms with Crippen molar-refractivity contribution in [1.82, 2.24) is 0 Å². The van der Waals surface area contributed by atoms with E-state index in [1.54, 1.807) is 0 Å². The van der Waals surface area contributed by atoms with Gasteiger partial charge in [-0.1, -0.05) is 206 Å². The number of aliphatic hydroxyl groups excluding tert-OH is 2. The first-order valence-electron chi connectivity index (χ1n) is 22.5. The predicted octanol–water partition coefficient (Wildman–Crippen LogP) is 12.3. The summed E-state index contributed by atoms with van der Waals surface area (Å²) in [6, 6.07) is 0. The van der Waals surface area contributed by atoms with Gasteiger partial charge < -0.3 is 24.6 Å². The summed E-state index contributed by atoms with van der Waals surface area (Å²) in [6.07, 6.45) is 39.2. The molecule has 0 bridgehead atoms. The molecule has 0 radical (unpaired) electrons. The van der Waals surface area contributed by atoms with E-state index < -0.39 is 33.2 Å². The fourth-order valence-corrected chi connectivity index (χ4v) is 7.38. The van der Waals surface area contributed by atoms with Crippen LogP contribution in [0.25, 0.3) is 0 Å². The summed E-state index contributed by atoms with van der Waals surface area (Å²) in [7, 11) is -4.51. The molecule has 0 aliphatic heterocycles. The van der Waals surface area contributed by atoms with Crippen molar-refractivity contribution >= 4 is 13.8 Å². The molecule has 3 atom stereocenters. The maximum Gasteiger partial charge on any atom is 0.472 e. The molecule has 0 spiro atoms. The highest BCUT2D eigenvalue weighted by Gasteiger charge is 2.26. The van der Waals surface area contributed by atoms with Crippen LogP contribution < -0.4 is 0 Å². The first-order valence-corrected chi connectivity index (χ1v) is 24.0. The zero-order valence-corrected chi connectivity index (χ0v) is 35.7. The van der Waals surface area contributed by atoms with Gasteiger partial charge in [-0.3, -0.25) is 13.8 Å². The Labute approximate surface area is 327 Å². The van der Waals surface area contributed by atoms with Gasteiger partial charge in [-0.15, -0.1) is 0 Å². The Morgan fingerprint density at radius 3 is 1.23 bits per heavy atom. The number of unbranched alkanes of at least 4 members (excludes halogenated alkanes) is 30. The van der Waals surface area contributed by atoms with Crippen molar-refractivity contribution in [2.75, 3.05) is 33.0 Å². The maximum atomic E-state index is 12.6. The SMILES string of the molecule is CCCCCCCCCCCCCCCCCCCCCCC(=O)OC(COCCCCCCCCCCCCCC)COP(=O)(O)OCC(O)CO. The van der Waals surface area contributed by atoms with E-state index in [4.69, 9.17) is 23.6 Å². The van der Waals surface area contributed by atoms with Crippen molar-refractivity contribution in [3.63, 3.8) is 0 Å². The Morgan fingerprint density at radius 2 is 0.849 bits per heavy atom. The molecule has 0 heterocycles. The molecule has 0 saturated carbocycles. The first-order chi connectivity index (χ1) is 25.8. The summed E-state index contributed by atoms with van der Waals surface area (Å²) in [5, 5.41) is 18.3. The van der Waals surface area contributed by atoms with Crippen LogP contribution in [0.4, 0.5) is 0 Å². The highest BCUT2D eigenvalue weighted by molar-refractivity contribution is 7.47. The van der Waals surface area contributed by atoms with Crippen molar-refractivity contribution in [2.24, 2.45) is 0 Å². The quantitative estimate of drug-likeness (QED) is 0.0314. The molecule has 53 heavy (non-hydrogen) atoms. The number of esters is 1. The van der Waals surface area contributed by atoms with Crippen LogP contribution in [0.3, 0.4) is 0 Å². The third-order valence-corrected chi connectivity index (χ3v) is 11.0. The molecule has 0 aromatic rings. The Morgan fingerprint density at radius 1 is 0.509 bits per heavy atom. The van der Waals surface area contributed by atoms with Gasteiger partial charge in [0.05, 0.1) is 26.4 Å². The highest BCUT2D eigenvalue weighted by atomic mass is 31.2. The van der Waals surface area contributed by atoms with E-state index in [2.05, 4.69) is 13.8 Å². The summed E-state index contributed by atoms with van der Waals surface area (Å²) in [4.78, 5) is 22.6. The molecule has 0 aromatic heterocycles. The number of ether oxygens (including phenoxy) is 2. The highest BCUT2D eigenvalue weighted by Crippen LogP contribution is 2.43. The average Bonchev–Trinajstić information content (AvgIpc) is 3.15. The molecule has 0 aromatic carbocycles. The molecule has 318 valence electrons. The third kappa shape index (κ3) is 40.9. The number of aliphatic hydroxyl groups is 2. The van der Waals surface area contributed by atoms with Gasteiger partial charge in [0.1, 0.15) is 12.2 Å². The van der Waals surface area contributed by atoms with Gasteiger partial charge in [-0.05, 0) is 12.8 Å². The molecule has 3 unspecified atom stereocenters. The van der Waals surface area contributed by atoms with E-state index in [1.807, 2.05) is 0 Å². The number of rotatable bonds is 44. The summed E-state index contributed by atoms with van der Waals surface area (Å²) in [6.45, 7) is 3.57. The second kappa shape index (κ2) is 41.1. The van der Waals surface area contributed by atoms with Crippen LogP contribution in [0.2, 0.25) is 0 Å². The van der Waals surface area contributed by atoms with Gasteiger partial charge in [0.15, 0.2) is 0 Å². The van der Waals surface area contributed by atoms with Crippen LogP contribution >= 0.6 is 7.82 Å². The zero-order valence-electron chi connectivity index (χ0n) is 34.8. The monoisotopic (exact) mass is 779 g/mol. The van der Waals surface area contributed by atoms with Crippen molar-refractivity contribution in [3.05, 3.63) is 0 Å². The number of carbonyl (C=O) groups is 1. The topological polar surface area (TPSA) is 132 Å². The Balaban J connectivity index is 4.05. The normalized spacial score (nSPS) is 14.0. The van der Waals surface area contributed by atoms with Crippen LogP contribution in [-0.2, 0) is 27.9 Å². The fourth-order valence-electron chi connectivity index (χ4n) is 6.59. The molecule has 3 N–H and O–H groups in total. The minimum Gasteiger partial charge on any atom is -0.457 e. The summed E-state index contributed by atoms with van der Waals surface area (Å²) in [5.41, 5.74) is 0. The van der Waals surface area contributed by atoms with Gasteiger partial charge in [0.25, 0.3) is 0 Å². The van der Waals surface area contributed by atoms with Gasteiger partial charge in [-0.25, -0.2) is 4.57 Å². The lowest BCUT2D eigenvalue weighted by Crippen LogP contribution is -2.29. The third-order valence-electron chi connectivity index (χ3n) is 10.0. The fraction of sp³-hybridized carbons (Fsp3) is 0.977. The predicted molar refractivity (Wildman–Crippen MR) is 219 cm³/mol. The van der Waals surface area contributed by atoms with Crippen LogP contribution in [-0.4, -0.2) is 66.3 Å². The largest absolute Gasteiger partial charge is 0.472 e.